The van der Waals surface area contributed by atoms with Gasteiger partial charge in [0.15, 0.2) is 0 Å². The Morgan fingerprint density at radius 1 is 0.580 bits per heavy atom. The smallest absolute Gasteiger partial charge is 0.00932 e. The SMILES string of the molecule is C1=CCC(C2=C3C=CCCC3C(C3C=CC(C4C=CC(C5C=c6c(ccc7ccccc67)=C6C=CCCC65)=CC4)=CC3)c3ccccc32)C=C1. The van der Waals surface area contributed by atoms with Gasteiger partial charge in [-0.25, -0.2) is 0 Å². The van der Waals surface area contributed by atoms with E-state index in [-0.39, 0.29) is 0 Å². The zero-order valence-electron chi connectivity index (χ0n) is 28.9. The molecule has 7 atom stereocenters. The standard InChI is InChI=1S/C50H46/c1-2-13-37(14-3-1)49-43-18-8-10-20-45(43)50(46-21-11-9-19-44(46)49)38-28-24-34(25-29-38)33-22-26-36(27-23-33)47-32-48-39-15-5-4-12-35(39)30-31-42(48)40-16-6-7-17-41(40)47/h1-6,8-10,12-13,15-16,18-20,22,24-28,30-33,37-38,41,46-47,50H,7,11,14,17,21,23,29H2. The first kappa shape index (κ1) is 30.2. The van der Waals surface area contributed by atoms with E-state index in [1.54, 1.807) is 22.3 Å². The fraction of sp³-hybridized carbons (Fsp3) is 0.280. The first-order chi connectivity index (χ1) is 24.8. The molecule has 0 heterocycles. The van der Waals surface area contributed by atoms with E-state index in [1.165, 1.54) is 63.6 Å². The van der Waals surface area contributed by atoms with Crippen LogP contribution >= 0.6 is 0 Å². The molecule has 0 saturated heterocycles. The van der Waals surface area contributed by atoms with Crippen LogP contribution in [0.1, 0.15) is 62.0 Å². The lowest BCUT2D eigenvalue weighted by Crippen LogP contribution is -2.38. The number of hydrogen-bond donors (Lipinski definition) is 0. The molecular formula is C50H46. The highest BCUT2D eigenvalue weighted by Gasteiger charge is 2.40. The summed E-state index contributed by atoms with van der Waals surface area (Å²) in [7, 11) is 0. The van der Waals surface area contributed by atoms with E-state index in [0.717, 1.165) is 19.3 Å². The van der Waals surface area contributed by atoms with E-state index >= 15 is 0 Å². The van der Waals surface area contributed by atoms with E-state index in [2.05, 4.69) is 152 Å². The van der Waals surface area contributed by atoms with Gasteiger partial charge in [0.1, 0.15) is 0 Å². The van der Waals surface area contributed by atoms with Crippen LogP contribution in [0.5, 0.6) is 0 Å². The van der Waals surface area contributed by atoms with Crippen LogP contribution in [0.3, 0.4) is 0 Å². The molecular weight excluding hydrogens is 601 g/mol. The van der Waals surface area contributed by atoms with Crippen molar-refractivity contribution in [1.29, 1.82) is 0 Å². The summed E-state index contributed by atoms with van der Waals surface area (Å²) >= 11 is 0. The minimum Gasteiger partial charge on any atom is -0.0842 e. The van der Waals surface area contributed by atoms with Crippen LogP contribution in [0.4, 0.5) is 0 Å². The van der Waals surface area contributed by atoms with Gasteiger partial charge in [-0.15, -0.1) is 0 Å². The molecule has 3 aromatic rings. The Hall–Kier alpha value is -4.68. The van der Waals surface area contributed by atoms with Crippen molar-refractivity contribution in [2.75, 3.05) is 0 Å². The highest BCUT2D eigenvalue weighted by molar-refractivity contribution is 5.86. The number of hydrogen-bond acceptors (Lipinski definition) is 0. The van der Waals surface area contributed by atoms with Crippen molar-refractivity contribution in [3.8, 4) is 0 Å². The van der Waals surface area contributed by atoms with Gasteiger partial charge >= 0.3 is 0 Å². The Morgan fingerprint density at radius 3 is 2.24 bits per heavy atom. The van der Waals surface area contributed by atoms with Crippen molar-refractivity contribution in [2.45, 2.75) is 50.9 Å². The van der Waals surface area contributed by atoms with Gasteiger partial charge in [0.25, 0.3) is 0 Å². The third kappa shape index (κ3) is 5.02. The fourth-order valence-electron chi connectivity index (χ4n) is 10.7. The van der Waals surface area contributed by atoms with E-state index < -0.39 is 0 Å². The molecule has 3 aromatic carbocycles. The van der Waals surface area contributed by atoms with Crippen molar-refractivity contribution in [3.05, 3.63) is 184 Å². The summed E-state index contributed by atoms with van der Waals surface area (Å²) in [4.78, 5) is 0. The average Bonchev–Trinajstić information content (AvgIpc) is 3.20. The predicted octanol–water partition coefficient (Wildman–Crippen LogP) is 11.0. The quantitative estimate of drug-likeness (QED) is 0.265. The predicted molar refractivity (Wildman–Crippen MR) is 211 cm³/mol. The maximum Gasteiger partial charge on any atom is 0.00932 e. The van der Waals surface area contributed by atoms with E-state index in [1.807, 2.05) is 0 Å². The first-order valence-corrected chi connectivity index (χ1v) is 19.3. The van der Waals surface area contributed by atoms with Crippen LogP contribution in [0.25, 0.3) is 28.0 Å². The summed E-state index contributed by atoms with van der Waals surface area (Å²) in [5, 5.41) is 5.60. The molecule has 0 aromatic heterocycles. The molecule has 0 saturated carbocycles. The highest BCUT2D eigenvalue weighted by atomic mass is 14.4. The summed E-state index contributed by atoms with van der Waals surface area (Å²) in [6, 6.07) is 23.0. The zero-order chi connectivity index (χ0) is 33.0. The third-order valence-corrected chi connectivity index (χ3v) is 13.0. The molecule has 0 bridgehead atoms. The van der Waals surface area contributed by atoms with Crippen LogP contribution in [-0.2, 0) is 0 Å². The second kappa shape index (κ2) is 12.6. The Kier molecular flexibility index (Phi) is 7.59. The minimum absolute atomic E-state index is 0.439. The van der Waals surface area contributed by atoms with Gasteiger partial charge < -0.3 is 0 Å². The molecule has 50 heavy (non-hydrogen) atoms. The number of benzene rings is 3. The van der Waals surface area contributed by atoms with Gasteiger partial charge in [0.05, 0.1) is 0 Å². The van der Waals surface area contributed by atoms with Gasteiger partial charge in [0.2, 0.25) is 0 Å². The van der Waals surface area contributed by atoms with Gasteiger partial charge in [-0.1, -0.05) is 152 Å². The topological polar surface area (TPSA) is 0 Å². The molecule has 10 rings (SSSR count). The molecule has 0 amide bonds. The normalized spacial score (nSPS) is 30.6. The molecule has 0 nitrogen and oxygen atoms in total. The van der Waals surface area contributed by atoms with Crippen molar-refractivity contribution >= 4 is 28.0 Å². The second-order valence-electron chi connectivity index (χ2n) is 15.6. The molecule has 246 valence electrons. The molecule has 7 aliphatic rings. The van der Waals surface area contributed by atoms with Crippen LogP contribution in [0.15, 0.2) is 162 Å². The highest BCUT2D eigenvalue weighted by Crippen LogP contribution is 2.54. The van der Waals surface area contributed by atoms with Crippen molar-refractivity contribution in [1.82, 2.24) is 0 Å². The third-order valence-electron chi connectivity index (χ3n) is 13.0. The first-order valence-electron chi connectivity index (χ1n) is 19.3. The van der Waals surface area contributed by atoms with Crippen LogP contribution in [-0.4, -0.2) is 0 Å². The number of fused-ring (bicyclic) bond motifs is 6. The van der Waals surface area contributed by atoms with Crippen molar-refractivity contribution in [2.24, 2.45) is 35.5 Å². The average molecular weight is 647 g/mol. The molecule has 0 spiro atoms. The molecule has 7 unspecified atom stereocenters. The number of allylic oxidation sites excluding steroid dienone is 18. The second-order valence-corrected chi connectivity index (χ2v) is 15.6. The van der Waals surface area contributed by atoms with Gasteiger partial charge in [-0.3, -0.25) is 0 Å². The maximum atomic E-state index is 2.61. The van der Waals surface area contributed by atoms with E-state index in [4.69, 9.17) is 0 Å². The molecule has 0 heteroatoms. The lowest BCUT2D eigenvalue weighted by Gasteiger charge is -2.43. The summed E-state index contributed by atoms with van der Waals surface area (Å²) in [5.74, 6) is 3.62. The number of rotatable bonds is 4. The van der Waals surface area contributed by atoms with E-state index in [0.29, 0.717) is 41.4 Å². The monoisotopic (exact) mass is 646 g/mol. The maximum absolute atomic E-state index is 2.61. The summed E-state index contributed by atoms with van der Waals surface area (Å²) in [6.45, 7) is 0. The summed E-state index contributed by atoms with van der Waals surface area (Å²) in [5.41, 5.74) is 10.8. The van der Waals surface area contributed by atoms with Crippen molar-refractivity contribution < 1.29 is 0 Å². The Bertz CT molecular complexity index is 2290. The van der Waals surface area contributed by atoms with Crippen LogP contribution in [0, 0.1) is 35.5 Å². The largest absolute Gasteiger partial charge is 0.0842 e. The minimum atomic E-state index is 0.439. The van der Waals surface area contributed by atoms with Crippen molar-refractivity contribution in [3.63, 3.8) is 0 Å². The summed E-state index contributed by atoms with van der Waals surface area (Å²) in [6.07, 6.45) is 45.1. The van der Waals surface area contributed by atoms with Gasteiger partial charge in [0, 0.05) is 17.8 Å². The van der Waals surface area contributed by atoms with Gasteiger partial charge in [-0.05, 0) is 129 Å². The van der Waals surface area contributed by atoms with Crippen LogP contribution < -0.4 is 10.4 Å². The summed E-state index contributed by atoms with van der Waals surface area (Å²) < 4.78 is 0. The molecule has 0 aliphatic heterocycles. The van der Waals surface area contributed by atoms with E-state index in [9.17, 15) is 0 Å². The Labute approximate surface area is 297 Å². The zero-order valence-corrected chi connectivity index (χ0v) is 28.9. The van der Waals surface area contributed by atoms with Gasteiger partial charge in [-0.2, -0.15) is 0 Å². The Morgan fingerprint density at radius 2 is 1.40 bits per heavy atom. The molecule has 7 aliphatic carbocycles. The lowest BCUT2D eigenvalue weighted by molar-refractivity contribution is 0.364. The molecule has 0 fully saturated rings. The van der Waals surface area contributed by atoms with Crippen LogP contribution in [0.2, 0.25) is 0 Å². The molecule has 0 radical (unpaired) electrons. The Balaban J connectivity index is 0.911. The lowest BCUT2D eigenvalue weighted by atomic mass is 9.61. The molecule has 0 N–H and O–H groups in total. The fourth-order valence-corrected chi connectivity index (χ4v) is 10.7.